The van der Waals surface area contributed by atoms with E-state index < -0.39 is 5.60 Å². The smallest absolute Gasteiger partial charge is 0.0815 e. The summed E-state index contributed by atoms with van der Waals surface area (Å²) in [5, 5.41) is 14.6. The highest BCUT2D eigenvalue weighted by atomic mass is 35.5. The van der Waals surface area contributed by atoms with E-state index in [1.807, 2.05) is 12.1 Å². The van der Waals surface area contributed by atoms with E-state index in [0.29, 0.717) is 49.2 Å². The van der Waals surface area contributed by atoms with Crippen molar-refractivity contribution in [2.24, 2.45) is 0 Å². The van der Waals surface area contributed by atoms with E-state index >= 15 is 0 Å². The zero-order chi connectivity index (χ0) is 13.0. The standard InChI is InChI=1S/C13H17Cl2NO2/c14-11-3-1-2-10(12(11)15)8-16-9-13(17)4-6-18-7-5-13/h1-3,16-17H,4-9H2. The number of rotatable bonds is 4. The highest BCUT2D eigenvalue weighted by Gasteiger charge is 2.29. The van der Waals surface area contributed by atoms with Crippen molar-refractivity contribution in [3.63, 3.8) is 0 Å². The molecule has 1 fully saturated rings. The predicted molar refractivity (Wildman–Crippen MR) is 73.2 cm³/mol. The van der Waals surface area contributed by atoms with Crippen molar-refractivity contribution in [2.75, 3.05) is 19.8 Å². The Morgan fingerprint density at radius 2 is 2.00 bits per heavy atom. The number of hydrogen-bond donors (Lipinski definition) is 2. The number of halogens is 2. The van der Waals surface area contributed by atoms with E-state index in [0.717, 1.165) is 5.56 Å². The molecule has 2 rings (SSSR count). The Hall–Kier alpha value is -0.320. The molecule has 2 N–H and O–H groups in total. The quantitative estimate of drug-likeness (QED) is 0.895. The molecule has 0 radical (unpaired) electrons. The first-order valence-corrected chi connectivity index (χ1v) is 6.80. The number of hydrogen-bond acceptors (Lipinski definition) is 3. The maximum absolute atomic E-state index is 10.3. The Morgan fingerprint density at radius 3 is 2.72 bits per heavy atom. The van der Waals surface area contributed by atoms with E-state index in [1.54, 1.807) is 6.07 Å². The lowest BCUT2D eigenvalue weighted by Crippen LogP contribution is -2.44. The fourth-order valence-corrected chi connectivity index (χ4v) is 2.43. The first kappa shape index (κ1) is 14.1. The van der Waals surface area contributed by atoms with E-state index in [4.69, 9.17) is 27.9 Å². The molecule has 0 amide bonds. The van der Waals surface area contributed by atoms with Gasteiger partial charge >= 0.3 is 0 Å². The summed E-state index contributed by atoms with van der Waals surface area (Å²) in [6, 6.07) is 5.56. The van der Waals surface area contributed by atoms with Gasteiger partial charge in [-0.2, -0.15) is 0 Å². The van der Waals surface area contributed by atoms with Crippen LogP contribution >= 0.6 is 23.2 Å². The molecule has 1 heterocycles. The van der Waals surface area contributed by atoms with Crippen molar-refractivity contribution in [2.45, 2.75) is 25.0 Å². The fourth-order valence-electron chi connectivity index (χ4n) is 2.04. The lowest BCUT2D eigenvalue weighted by atomic mass is 9.94. The molecule has 0 aliphatic carbocycles. The van der Waals surface area contributed by atoms with Crippen LogP contribution in [0.1, 0.15) is 18.4 Å². The number of nitrogens with one attached hydrogen (secondary N) is 1. The fraction of sp³-hybridized carbons (Fsp3) is 0.538. The third kappa shape index (κ3) is 3.59. The molecule has 1 aliphatic heterocycles. The average Bonchev–Trinajstić information content (AvgIpc) is 2.35. The molecule has 0 atom stereocenters. The highest BCUT2D eigenvalue weighted by molar-refractivity contribution is 6.42. The van der Waals surface area contributed by atoms with Crippen molar-refractivity contribution < 1.29 is 9.84 Å². The monoisotopic (exact) mass is 289 g/mol. The van der Waals surface area contributed by atoms with E-state index in [-0.39, 0.29) is 0 Å². The van der Waals surface area contributed by atoms with Gasteiger partial charge in [0.15, 0.2) is 0 Å². The zero-order valence-corrected chi connectivity index (χ0v) is 11.6. The van der Waals surface area contributed by atoms with Gasteiger partial charge in [0.1, 0.15) is 0 Å². The molecule has 1 saturated heterocycles. The van der Waals surface area contributed by atoms with Crippen LogP contribution in [0.3, 0.4) is 0 Å². The van der Waals surface area contributed by atoms with Gasteiger partial charge in [-0.3, -0.25) is 0 Å². The van der Waals surface area contributed by atoms with Gasteiger partial charge in [0.25, 0.3) is 0 Å². The Morgan fingerprint density at radius 1 is 1.28 bits per heavy atom. The minimum Gasteiger partial charge on any atom is -0.388 e. The van der Waals surface area contributed by atoms with Crippen molar-refractivity contribution >= 4 is 23.2 Å². The maximum atomic E-state index is 10.3. The van der Waals surface area contributed by atoms with Crippen LogP contribution in [0.4, 0.5) is 0 Å². The molecule has 3 nitrogen and oxygen atoms in total. The van der Waals surface area contributed by atoms with Crippen molar-refractivity contribution in [1.29, 1.82) is 0 Å². The molecule has 100 valence electrons. The number of benzene rings is 1. The third-order valence-electron chi connectivity index (χ3n) is 3.22. The minimum absolute atomic E-state index is 0.541. The Labute approximate surface area is 117 Å². The molecule has 1 aromatic carbocycles. The van der Waals surface area contributed by atoms with Gasteiger partial charge in [-0.25, -0.2) is 0 Å². The molecule has 0 bridgehead atoms. The summed E-state index contributed by atoms with van der Waals surface area (Å²) in [6.45, 7) is 2.38. The largest absolute Gasteiger partial charge is 0.388 e. The highest BCUT2D eigenvalue weighted by Crippen LogP contribution is 2.25. The minimum atomic E-state index is -0.663. The van der Waals surface area contributed by atoms with Gasteiger partial charge in [-0.05, 0) is 11.6 Å². The second kappa shape index (κ2) is 6.22. The number of aliphatic hydroxyl groups is 1. The van der Waals surface area contributed by atoms with Crippen LogP contribution in [-0.2, 0) is 11.3 Å². The van der Waals surface area contributed by atoms with Gasteiger partial charge in [-0.15, -0.1) is 0 Å². The summed E-state index contributed by atoms with van der Waals surface area (Å²) in [4.78, 5) is 0. The average molecular weight is 290 g/mol. The molecular weight excluding hydrogens is 273 g/mol. The van der Waals surface area contributed by atoms with Crippen molar-refractivity contribution in [1.82, 2.24) is 5.32 Å². The maximum Gasteiger partial charge on any atom is 0.0815 e. The van der Waals surface area contributed by atoms with Crippen LogP contribution in [-0.4, -0.2) is 30.5 Å². The molecule has 1 aliphatic rings. The normalized spacial score (nSPS) is 18.8. The van der Waals surface area contributed by atoms with Crippen LogP contribution in [0.15, 0.2) is 18.2 Å². The molecule has 0 spiro atoms. The second-order valence-electron chi connectivity index (χ2n) is 4.65. The molecule has 0 aromatic heterocycles. The van der Waals surface area contributed by atoms with E-state index in [2.05, 4.69) is 5.32 Å². The van der Waals surface area contributed by atoms with Crippen LogP contribution in [0.25, 0.3) is 0 Å². The van der Waals surface area contributed by atoms with Gasteiger partial charge in [0.05, 0.1) is 15.6 Å². The van der Waals surface area contributed by atoms with Crippen LogP contribution in [0, 0.1) is 0 Å². The van der Waals surface area contributed by atoms with Crippen LogP contribution < -0.4 is 5.32 Å². The lowest BCUT2D eigenvalue weighted by molar-refractivity contribution is -0.0617. The topological polar surface area (TPSA) is 41.5 Å². The molecule has 0 saturated carbocycles. The Kier molecular flexibility index (Phi) is 4.87. The summed E-state index contributed by atoms with van der Waals surface area (Å²) in [6.07, 6.45) is 1.34. The third-order valence-corrected chi connectivity index (χ3v) is 4.08. The molecule has 5 heteroatoms. The van der Waals surface area contributed by atoms with Crippen molar-refractivity contribution in [3.8, 4) is 0 Å². The summed E-state index contributed by atoms with van der Waals surface area (Å²) in [5.41, 5.74) is 0.281. The zero-order valence-electron chi connectivity index (χ0n) is 10.1. The first-order valence-electron chi connectivity index (χ1n) is 6.04. The Bertz CT molecular complexity index is 406. The van der Waals surface area contributed by atoms with Crippen LogP contribution in [0.2, 0.25) is 10.0 Å². The summed E-state index contributed by atoms with van der Waals surface area (Å²) in [7, 11) is 0. The molecule has 1 aromatic rings. The predicted octanol–water partition coefficient (Wildman–Crippen LogP) is 2.62. The van der Waals surface area contributed by atoms with Gasteiger partial charge in [0.2, 0.25) is 0 Å². The van der Waals surface area contributed by atoms with E-state index in [9.17, 15) is 5.11 Å². The Balaban J connectivity index is 1.86. The first-order chi connectivity index (χ1) is 8.61. The lowest BCUT2D eigenvalue weighted by Gasteiger charge is -2.32. The van der Waals surface area contributed by atoms with Crippen LogP contribution in [0.5, 0.6) is 0 Å². The SMILES string of the molecule is OC1(CNCc2cccc(Cl)c2Cl)CCOCC1. The molecular formula is C13H17Cl2NO2. The second-order valence-corrected chi connectivity index (χ2v) is 5.44. The van der Waals surface area contributed by atoms with Crippen molar-refractivity contribution in [3.05, 3.63) is 33.8 Å². The van der Waals surface area contributed by atoms with Gasteiger partial charge in [-0.1, -0.05) is 35.3 Å². The number of ether oxygens (including phenoxy) is 1. The van der Waals surface area contributed by atoms with Gasteiger partial charge in [0, 0.05) is 39.1 Å². The molecule has 18 heavy (non-hydrogen) atoms. The van der Waals surface area contributed by atoms with E-state index in [1.165, 1.54) is 0 Å². The molecule has 0 unspecified atom stereocenters. The summed E-state index contributed by atoms with van der Waals surface area (Å²) >= 11 is 12.0. The van der Waals surface area contributed by atoms with Gasteiger partial charge < -0.3 is 15.2 Å². The summed E-state index contributed by atoms with van der Waals surface area (Å²) < 4.78 is 5.24. The summed E-state index contributed by atoms with van der Waals surface area (Å²) in [5.74, 6) is 0.